The van der Waals surface area contributed by atoms with Crippen molar-refractivity contribution in [2.24, 2.45) is 17.8 Å². The first-order valence-corrected chi connectivity index (χ1v) is 14.8. The average molecular weight is 481 g/mol. The average Bonchev–Trinajstić information content (AvgIpc) is 3.51. The van der Waals surface area contributed by atoms with Crippen molar-refractivity contribution in [3.8, 4) is 0 Å². The highest BCUT2D eigenvalue weighted by molar-refractivity contribution is 6.99. The van der Waals surface area contributed by atoms with Gasteiger partial charge in [0.05, 0.1) is 5.92 Å². The van der Waals surface area contributed by atoms with Gasteiger partial charge >= 0.3 is 5.97 Å². The van der Waals surface area contributed by atoms with Gasteiger partial charge in [-0.1, -0.05) is 101 Å². The summed E-state index contributed by atoms with van der Waals surface area (Å²) in [5.74, 6) is 1.22. The summed E-state index contributed by atoms with van der Waals surface area (Å²) in [6, 6.07) is 21.8. The van der Waals surface area contributed by atoms with Crippen LogP contribution in [0.3, 0.4) is 0 Å². The summed E-state index contributed by atoms with van der Waals surface area (Å²) in [5, 5.41) is 2.71. The lowest BCUT2D eigenvalue weighted by Gasteiger charge is -2.43. The monoisotopic (exact) mass is 480 g/mol. The first-order chi connectivity index (χ1) is 15.9. The van der Waals surface area contributed by atoms with Crippen LogP contribution in [0.2, 0.25) is 5.04 Å². The zero-order chi connectivity index (χ0) is 25.0. The van der Waals surface area contributed by atoms with E-state index in [4.69, 9.17) is 9.16 Å². The summed E-state index contributed by atoms with van der Waals surface area (Å²) >= 11 is 0. The molecule has 186 valence electrons. The molecule has 1 fully saturated rings. The quantitative estimate of drug-likeness (QED) is 0.294. The van der Waals surface area contributed by atoms with Crippen LogP contribution in [-0.2, 0) is 14.0 Å². The van der Waals surface area contributed by atoms with Crippen molar-refractivity contribution in [3.05, 3.63) is 60.7 Å². The molecule has 3 nitrogen and oxygen atoms in total. The van der Waals surface area contributed by atoms with Gasteiger partial charge in [-0.3, -0.25) is 4.79 Å². The third kappa shape index (κ3) is 6.60. The number of carbonyl (C=O) groups excluding carboxylic acids is 1. The van der Waals surface area contributed by atoms with Crippen molar-refractivity contribution in [1.82, 2.24) is 0 Å². The van der Waals surface area contributed by atoms with E-state index in [0.717, 1.165) is 19.4 Å². The van der Waals surface area contributed by atoms with Gasteiger partial charge < -0.3 is 9.16 Å². The number of carbonyl (C=O) groups is 1. The minimum Gasteiger partial charge on any atom is -0.460 e. The largest absolute Gasteiger partial charge is 0.460 e. The Morgan fingerprint density at radius 1 is 0.912 bits per heavy atom. The molecule has 0 radical (unpaired) electrons. The predicted molar refractivity (Wildman–Crippen MR) is 144 cm³/mol. The number of hydrogen-bond donors (Lipinski definition) is 0. The number of benzene rings is 2. The van der Waals surface area contributed by atoms with Gasteiger partial charge in [-0.15, -0.1) is 0 Å². The Hall–Kier alpha value is -1.91. The van der Waals surface area contributed by atoms with Crippen LogP contribution in [0.25, 0.3) is 0 Å². The van der Waals surface area contributed by atoms with Crippen LogP contribution >= 0.6 is 0 Å². The van der Waals surface area contributed by atoms with Crippen LogP contribution in [0.4, 0.5) is 0 Å². The maximum Gasteiger partial charge on any atom is 0.309 e. The van der Waals surface area contributed by atoms with Crippen LogP contribution < -0.4 is 10.4 Å². The lowest BCUT2D eigenvalue weighted by Crippen LogP contribution is -2.66. The van der Waals surface area contributed by atoms with Crippen LogP contribution in [-0.4, -0.2) is 26.5 Å². The standard InChI is InChI=1S/C30H44O3Si/c1-23(28(31)33-29(2,3)4)15-14-16-24-21-25(24)22-32-34(30(5,6)7,26-17-10-8-11-18-26)27-19-12-9-13-20-27/h8-13,17-20,23-25H,14-16,21-22H2,1-7H3/t23?,24-,25+/m0/s1. The van der Waals surface area contributed by atoms with E-state index in [-0.39, 0.29) is 16.9 Å². The third-order valence-corrected chi connectivity index (χ3v) is 12.0. The van der Waals surface area contributed by atoms with Gasteiger partial charge in [-0.05, 0) is 60.9 Å². The first-order valence-electron chi connectivity index (χ1n) is 12.9. The summed E-state index contributed by atoms with van der Waals surface area (Å²) in [7, 11) is -2.45. The molecule has 2 aromatic rings. The molecule has 0 amide bonds. The fourth-order valence-electron chi connectivity index (χ4n) is 5.07. The number of rotatable bonds is 10. The fourth-order valence-corrected chi connectivity index (χ4v) is 9.69. The molecule has 1 aliphatic rings. The molecule has 0 heterocycles. The summed E-state index contributed by atoms with van der Waals surface area (Å²) in [6.45, 7) is 15.6. The number of esters is 1. The summed E-state index contributed by atoms with van der Waals surface area (Å²) < 4.78 is 12.6. The topological polar surface area (TPSA) is 35.5 Å². The molecule has 0 aromatic heterocycles. The highest BCUT2D eigenvalue weighted by atomic mass is 28.4. The first kappa shape index (κ1) is 26.7. The molecule has 3 atom stereocenters. The lowest BCUT2D eigenvalue weighted by atomic mass is 10.0. The van der Waals surface area contributed by atoms with E-state index in [0.29, 0.717) is 11.8 Å². The maximum absolute atomic E-state index is 12.3. The van der Waals surface area contributed by atoms with Crippen LogP contribution in [0, 0.1) is 17.8 Å². The molecule has 0 N–H and O–H groups in total. The van der Waals surface area contributed by atoms with Crippen molar-refractivity contribution in [1.29, 1.82) is 0 Å². The van der Waals surface area contributed by atoms with Crippen molar-refractivity contribution in [3.63, 3.8) is 0 Å². The molecule has 0 saturated heterocycles. The molecule has 34 heavy (non-hydrogen) atoms. The van der Waals surface area contributed by atoms with Gasteiger partial charge in [0.15, 0.2) is 0 Å². The van der Waals surface area contributed by atoms with E-state index in [1.165, 1.54) is 23.2 Å². The molecule has 0 bridgehead atoms. The summed E-state index contributed by atoms with van der Waals surface area (Å²) in [4.78, 5) is 12.3. The Labute approximate surface area is 208 Å². The van der Waals surface area contributed by atoms with E-state index in [9.17, 15) is 4.79 Å². The van der Waals surface area contributed by atoms with E-state index in [1.807, 2.05) is 27.7 Å². The molecule has 1 aliphatic carbocycles. The van der Waals surface area contributed by atoms with E-state index in [1.54, 1.807) is 0 Å². The lowest BCUT2D eigenvalue weighted by molar-refractivity contribution is -0.159. The second-order valence-electron chi connectivity index (χ2n) is 12.1. The van der Waals surface area contributed by atoms with E-state index >= 15 is 0 Å². The molecule has 1 unspecified atom stereocenters. The number of hydrogen-bond acceptors (Lipinski definition) is 3. The van der Waals surface area contributed by atoms with E-state index in [2.05, 4.69) is 81.4 Å². The third-order valence-electron chi connectivity index (χ3n) is 7.02. The van der Waals surface area contributed by atoms with Crippen molar-refractivity contribution in [2.45, 2.75) is 84.8 Å². The van der Waals surface area contributed by atoms with Gasteiger partial charge in [-0.25, -0.2) is 0 Å². The van der Waals surface area contributed by atoms with Gasteiger partial charge in [0.25, 0.3) is 8.32 Å². The zero-order valence-electron chi connectivity index (χ0n) is 22.3. The maximum atomic E-state index is 12.3. The molecule has 0 aliphatic heterocycles. The summed E-state index contributed by atoms with van der Waals surface area (Å²) in [5.41, 5.74) is -0.411. The molecule has 2 aromatic carbocycles. The molecule has 1 saturated carbocycles. The van der Waals surface area contributed by atoms with Crippen LogP contribution in [0.5, 0.6) is 0 Å². The Morgan fingerprint density at radius 2 is 1.44 bits per heavy atom. The SMILES string of the molecule is CC(CCC[C@H]1C[C@@H]1CO[Si](c1ccccc1)(c1ccccc1)C(C)(C)C)C(=O)OC(C)(C)C. The fraction of sp³-hybridized carbons (Fsp3) is 0.567. The Bertz CT molecular complexity index is 872. The molecule has 4 heteroatoms. The highest BCUT2D eigenvalue weighted by Gasteiger charge is 2.51. The van der Waals surface area contributed by atoms with Gasteiger partial charge in [-0.2, -0.15) is 0 Å². The molecule has 3 rings (SSSR count). The van der Waals surface area contributed by atoms with E-state index < -0.39 is 13.9 Å². The normalized spacial score (nSPS) is 19.5. The Balaban J connectivity index is 1.62. The number of ether oxygens (including phenoxy) is 1. The van der Waals surface area contributed by atoms with Crippen molar-refractivity contribution >= 4 is 24.7 Å². The van der Waals surface area contributed by atoms with Crippen LogP contribution in [0.15, 0.2) is 60.7 Å². The Kier molecular flexibility index (Phi) is 8.46. The second-order valence-corrected chi connectivity index (χ2v) is 16.4. The highest BCUT2D eigenvalue weighted by Crippen LogP contribution is 2.45. The van der Waals surface area contributed by atoms with Gasteiger partial charge in [0.2, 0.25) is 0 Å². The minimum atomic E-state index is -2.45. The second kappa shape index (κ2) is 10.8. The smallest absolute Gasteiger partial charge is 0.309 e. The zero-order valence-corrected chi connectivity index (χ0v) is 23.3. The molecule has 0 spiro atoms. The summed E-state index contributed by atoms with van der Waals surface area (Å²) in [6.07, 6.45) is 4.37. The molecular formula is C30H44O3Si. The van der Waals surface area contributed by atoms with Crippen molar-refractivity contribution in [2.75, 3.05) is 6.61 Å². The predicted octanol–water partition coefficient (Wildman–Crippen LogP) is 6.35. The van der Waals surface area contributed by atoms with Crippen LogP contribution in [0.1, 0.15) is 74.1 Å². The molecular weight excluding hydrogens is 436 g/mol. The van der Waals surface area contributed by atoms with Gasteiger partial charge in [0, 0.05) is 6.61 Å². The van der Waals surface area contributed by atoms with Crippen molar-refractivity contribution < 1.29 is 14.0 Å². The minimum absolute atomic E-state index is 0.0168. The Morgan fingerprint density at radius 3 is 1.91 bits per heavy atom. The van der Waals surface area contributed by atoms with Gasteiger partial charge in [0.1, 0.15) is 5.60 Å².